The van der Waals surface area contributed by atoms with E-state index < -0.39 is 11.6 Å². The Bertz CT molecular complexity index is 801. The third-order valence-electron chi connectivity index (χ3n) is 4.45. The Kier molecular flexibility index (Phi) is 6.56. The van der Waals surface area contributed by atoms with Crippen molar-refractivity contribution in [2.75, 3.05) is 26.7 Å². The highest BCUT2D eigenvalue weighted by molar-refractivity contribution is 5.95. The standard InChI is InChI=1S/C19H20F2N2O2.ClH/c1-12-11-22-7-8-23(12)19(24)16-5-3-13(9-17(16)20)15-6-4-14(25-2)10-18(15)21;/h3-6,9-10,12,22H,7-8,11H2,1-2H3;1H. The first-order valence-corrected chi connectivity index (χ1v) is 8.16. The maximum Gasteiger partial charge on any atom is 0.257 e. The van der Waals surface area contributed by atoms with E-state index in [9.17, 15) is 13.6 Å². The lowest BCUT2D eigenvalue weighted by molar-refractivity contribution is 0.0651. The van der Waals surface area contributed by atoms with Crippen LogP contribution in [0.3, 0.4) is 0 Å². The van der Waals surface area contributed by atoms with Crippen LogP contribution < -0.4 is 10.1 Å². The summed E-state index contributed by atoms with van der Waals surface area (Å²) < 4.78 is 33.7. The molecule has 1 atom stereocenters. The Morgan fingerprint density at radius 2 is 1.96 bits per heavy atom. The van der Waals surface area contributed by atoms with E-state index in [0.717, 1.165) is 0 Å². The topological polar surface area (TPSA) is 41.6 Å². The van der Waals surface area contributed by atoms with Crippen LogP contribution in [0.1, 0.15) is 17.3 Å². The molecule has 1 aliphatic heterocycles. The van der Waals surface area contributed by atoms with Gasteiger partial charge in [0.25, 0.3) is 5.91 Å². The number of carbonyl (C=O) groups is 1. The molecule has 2 aromatic rings. The van der Waals surface area contributed by atoms with Crippen LogP contribution >= 0.6 is 12.4 Å². The molecule has 3 rings (SSSR count). The number of piperazine rings is 1. The fourth-order valence-electron chi connectivity index (χ4n) is 3.01. The smallest absolute Gasteiger partial charge is 0.257 e. The fraction of sp³-hybridized carbons (Fsp3) is 0.316. The molecule has 1 fully saturated rings. The molecular weight excluding hydrogens is 362 g/mol. The van der Waals surface area contributed by atoms with Crippen LogP contribution in [0.15, 0.2) is 36.4 Å². The molecule has 26 heavy (non-hydrogen) atoms. The molecule has 0 spiro atoms. The lowest BCUT2D eigenvalue weighted by atomic mass is 10.0. The predicted octanol–water partition coefficient (Wildman–Crippen LogP) is 3.50. The number of amides is 1. The normalized spacial score (nSPS) is 16.8. The lowest BCUT2D eigenvalue weighted by Gasteiger charge is -2.34. The van der Waals surface area contributed by atoms with Gasteiger partial charge in [-0.15, -0.1) is 12.4 Å². The van der Waals surface area contributed by atoms with Crippen molar-refractivity contribution in [1.82, 2.24) is 10.2 Å². The van der Waals surface area contributed by atoms with Gasteiger partial charge in [0, 0.05) is 37.3 Å². The van der Waals surface area contributed by atoms with Gasteiger partial charge in [-0.3, -0.25) is 4.79 Å². The van der Waals surface area contributed by atoms with Crippen LogP contribution in [0.4, 0.5) is 8.78 Å². The molecule has 0 aliphatic carbocycles. The average molecular weight is 383 g/mol. The van der Waals surface area contributed by atoms with Crippen LogP contribution in [0.2, 0.25) is 0 Å². The minimum absolute atomic E-state index is 0. The van der Waals surface area contributed by atoms with Gasteiger partial charge >= 0.3 is 0 Å². The first-order valence-electron chi connectivity index (χ1n) is 8.16. The third-order valence-corrected chi connectivity index (χ3v) is 4.45. The number of rotatable bonds is 3. The monoisotopic (exact) mass is 382 g/mol. The summed E-state index contributed by atoms with van der Waals surface area (Å²) in [5.41, 5.74) is 0.642. The summed E-state index contributed by atoms with van der Waals surface area (Å²) >= 11 is 0. The van der Waals surface area contributed by atoms with E-state index in [1.807, 2.05) is 6.92 Å². The van der Waals surface area contributed by atoms with Gasteiger partial charge in [0.15, 0.2) is 0 Å². The van der Waals surface area contributed by atoms with Gasteiger partial charge in [0.1, 0.15) is 17.4 Å². The van der Waals surface area contributed by atoms with Crippen molar-refractivity contribution < 1.29 is 18.3 Å². The number of hydrogen-bond acceptors (Lipinski definition) is 3. The van der Waals surface area contributed by atoms with Crippen molar-refractivity contribution in [3.8, 4) is 16.9 Å². The van der Waals surface area contributed by atoms with Crippen molar-refractivity contribution in [3.05, 3.63) is 53.6 Å². The van der Waals surface area contributed by atoms with Gasteiger partial charge in [-0.05, 0) is 36.8 Å². The second kappa shape index (κ2) is 8.47. The van der Waals surface area contributed by atoms with Crippen molar-refractivity contribution in [1.29, 1.82) is 0 Å². The molecule has 1 unspecified atom stereocenters. The molecule has 2 aromatic carbocycles. The Labute approximate surface area is 157 Å². The van der Waals surface area contributed by atoms with Gasteiger partial charge < -0.3 is 15.0 Å². The molecule has 1 aliphatic rings. The van der Waals surface area contributed by atoms with E-state index in [4.69, 9.17) is 4.74 Å². The number of ether oxygens (including phenoxy) is 1. The molecule has 0 saturated carbocycles. The highest BCUT2D eigenvalue weighted by Crippen LogP contribution is 2.28. The molecule has 4 nitrogen and oxygen atoms in total. The largest absolute Gasteiger partial charge is 0.497 e. The Balaban J connectivity index is 0.00000243. The predicted molar refractivity (Wildman–Crippen MR) is 99.0 cm³/mol. The molecule has 7 heteroatoms. The maximum atomic E-state index is 14.5. The summed E-state index contributed by atoms with van der Waals surface area (Å²) in [7, 11) is 1.45. The highest BCUT2D eigenvalue weighted by Gasteiger charge is 2.26. The maximum absolute atomic E-state index is 14.5. The quantitative estimate of drug-likeness (QED) is 0.883. The molecule has 1 amide bonds. The van der Waals surface area contributed by atoms with E-state index in [0.29, 0.717) is 30.9 Å². The Morgan fingerprint density at radius 1 is 1.19 bits per heavy atom. The van der Waals surface area contributed by atoms with Crippen molar-refractivity contribution >= 4 is 18.3 Å². The van der Waals surface area contributed by atoms with Gasteiger partial charge in [-0.1, -0.05) is 6.07 Å². The summed E-state index contributed by atoms with van der Waals surface area (Å²) in [6, 6.07) is 8.57. The van der Waals surface area contributed by atoms with E-state index >= 15 is 0 Å². The van der Waals surface area contributed by atoms with Crippen molar-refractivity contribution in [2.24, 2.45) is 0 Å². The van der Waals surface area contributed by atoms with E-state index in [-0.39, 0.29) is 35.5 Å². The Hall–Kier alpha value is -2.18. The summed E-state index contributed by atoms with van der Waals surface area (Å²) in [5.74, 6) is -1.11. The van der Waals surface area contributed by atoms with E-state index in [1.165, 1.54) is 31.4 Å². The van der Waals surface area contributed by atoms with Crippen LogP contribution in [-0.2, 0) is 0 Å². The number of methoxy groups -OCH3 is 1. The summed E-state index contributed by atoms with van der Waals surface area (Å²) in [6.07, 6.45) is 0. The fourth-order valence-corrected chi connectivity index (χ4v) is 3.01. The molecular formula is C19H21ClF2N2O2. The van der Waals surface area contributed by atoms with Crippen LogP contribution in [-0.4, -0.2) is 43.6 Å². The van der Waals surface area contributed by atoms with Gasteiger partial charge in [0.05, 0.1) is 12.7 Å². The first kappa shape index (κ1) is 20.1. The van der Waals surface area contributed by atoms with Gasteiger partial charge in [-0.25, -0.2) is 8.78 Å². The van der Waals surface area contributed by atoms with Crippen molar-refractivity contribution in [3.63, 3.8) is 0 Å². The van der Waals surface area contributed by atoms with Crippen LogP contribution in [0, 0.1) is 11.6 Å². The Morgan fingerprint density at radius 3 is 2.58 bits per heavy atom. The lowest BCUT2D eigenvalue weighted by Crippen LogP contribution is -2.52. The van der Waals surface area contributed by atoms with E-state index in [1.54, 1.807) is 17.0 Å². The highest BCUT2D eigenvalue weighted by atomic mass is 35.5. The molecule has 140 valence electrons. The minimum Gasteiger partial charge on any atom is -0.497 e. The summed E-state index contributed by atoms with van der Waals surface area (Å²) in [4.78, 5) is 14.3. The van der Waals surface area contributed by atoms with Crippen LogP contribution in [0.25, 0.3) is 11.1 Å². The molecule has 1 heterocycles. The second-order valence-corrected chi connectivity index (χ2v) is 6.09. The number of halogens is 3. The molecule has 1 N–H and O–H groups in total. The second-order valence-electron chi connectivity index (χ2n) is 6.09. The van der Waals surface area contributed by atoms with Crippen molar-refractivity contribution in [2.45, 2.75) is 13.0 Å². The number of nitrogens with zero attached hydrogens (tertiary/aromatic N) is 1. The zero-order valence-electron chi connectivity index (χ0n) is 14.6. The zero-order chi connectivity index (χ0) is 18.0. The number of nitrogens with one attached hydrogen (secondary N) is 1. The zero-order valence-corrected chi connectivity index (χ0v) is 15.4. The SMILES string of the molecule is COc1ccc(-c2ccc(C(=O)N3CCNCC3C)c(F)c2)c(F)c1.Cl. The molecule has 0 bridgehead atoms. The molecule has 0 aromatic heterocycles. The molecule has 0 radical (unpaired) electrons. The van der Waals surface area contributed by atoms with E-state index in [2.05, 4.69) is 5.32 Å². The number of carbonyl (C=O) groups excluding carboxylic acids is 1. The van der Waals surface area contributed by atoms with Crippen LogP contribution in [0.5, 0.6) is 5.75 Å². The summed E-state index contributed by atoms with van der Waals surface area (Å²) in [5, 5.41) is 3.19. The van der Waals surface area contributed by atoms with Gasteiger partial charge in [0.2, 0.25) is 0 Å². The first-order chi connectivity index (χ1) is 12.0. The molecule has 1 saturated heterocycles. The van der Waals surface area contributed by atoms with Gasteiger partial charge in [-0.2, -0.15) is 0 Å². The number of benzene rings is 2. The average Bonchev–Trinajstić information content (AvgIpc) is 2.61. The third kappa shape index (κ3) is 3.97. The minimum atomic E-state index is -0.650. The number of hydrogen-bond donors (Lipinski definition) is 1. The summed E-state index contributed by atoms with van der Waals surface area (Å²) in [6.45, 7) is 3.83.